The molecule has 0 aliphatic rings. The molecule has 108 valence electrons. The van der Waals surface area contributed by atoms with Crippen molar-refractivity contribution >= 4 is 11.3 Å². The van der Waals surface area contributed by atoms with Gasteiger partial charge in [-0.1, -0.05) is 44.2 Å². The standard InChI is InChI=1S/C18H25NS/c1-4-12-19-18(17-11-13-20-14(17)3)16(5-2)15-9-7-6-8-10-15/h6-11,13,16,18-19H,4-5,12H2,1-3H3. The molecule has 1 N–H and O–H groups in total. The molecular formula is C18H25NS. The third-order valence-electron chi connectivity index (χ3n) is 3.92. The van der Waals surface area contributed by atoms with Crippen LogP contribution in [0.25, 0.3) is 0 Å². The molecule has 0 aliphatic heterocycles. The van der Waals surface area contributed by atoms with Gasteiger partial charge in [0.05, 0.1) is 0 Å². The van der Waals surface area contributed by atoms with Crippen LogP contribution in [0, 0.1) is 6.92 Å². The average Bonchev–Trinajstić information content (AvgIpc) is 2.90. The second-order valence-corrected chi connectivity index (χ2v) is 6.41. The van der Waals surface area contributed by atoms with Gasteiger partial charge < -0.3 is 5.32 Å². The van der Waals surface area contributed by atoms with Crippen molar-refractivity contribution in [2.75, 3.05) is 6.54 Å². The second-order valence-electron chi connectivity index (χ2n) is 5.29. The third kappa shape index (κ3) is 3.50. The van der Waals surface area contributed by atoms with Gasteiger partial charge in [0, 0.05) is 16.8 Å². The average molecular weight is 287 g/mol. The van der Waals surface area contributed by atoms with Crippen LogP contribution < -0.4 is 5.32 Å². The fourth-order valence-electron chi connectivity index (χ4n) is 2.85. The van der Waals surface area contributed by atoms with Crippen LogP contribution in [0.3, 0.4) is 0 Å². The first-order valence-corrected chi connectivity index (χ1v) is 8.48. The second kappa shape index (κ2) is 7.61. The van der Waals surface area contributed by atoms with Crippen LogP contribution in [0.1, 0.15) is 54.7 Å². The molecular weight excluding hydrogens is 262 g/mol. The Labute approximate surface area is 127 Å². The SMILES string of the molecule is CCCNC(c1ccsc1C)C(CC)c1ccccc1. The van der Waals surface area contributed by atoms with Gasteiger partial charge in [-0.2, -0.15) is 0 Å². The van der Waals surface area contributed by atoms with E-state index in [1.54, 1.807) is 0 Å². The Hall–Kier alpha value is -1.12. The molecule has 0 bridgehead atoms. The van der Waals surface area contributed by atoms with E-state index in [4.69, 9.17) is 0 Å². The van der Waals surface area contributed by atoms with E-state index in [2.05, 4.69) is 67.9 Å². The molecule has 1 heterocycles. The zero-order valence-electron chi connectivity index (χ0n) is 12.7. The van der Waals surface area contributed by atoms with Crippen LogP contribution in [0.2, 0.25) is 0 Å². The fourth-order valence-corrected chi connectivity index (χ4v) is 3.60. The molecule has 1 nitrogen and oxygen atoms in total. The van der Waals surface area contributed by atoms with Crippen molar-refractivity contribution < 1.29 is 0 Å². The summed E-state index contributed by atoms with van der Waals surface area (Å²) in [5.74, 6) is 0.538. The topological polar surface area (TPSA) is 12.0 Å². The van der Waals surface area contributed by atoms with E-state index in [1.165, 1.54) is 22.4 Å². The summed E-state index contributed by atoms with van der Waals surface area (Å²) in [6.07, 6.45) is 2.32. The van der Waals surface area contributed by atoms with Crippen molar-refractivity contribution in [2.24, 2.45) is 0 Å². The van der Waals surface area contributed by atoms with Crippen molar-refractivity contribution in [2.45, 2.75) is 45.6 Å². The number of thiophene rings is 1. The van der Waals surface area contributed by atoms with Gasteiger partial charge in [0.15, 0.2) is 0 Å². The first kappa shape index (κ1) is 15.3. The number of hydrogen-bond acceptors (Lipinski definition) is 2. The van der Waals surface area contributed by atoms with Gasteiger partial charge in [-0.05, 0) is 48.9 Å². The maximum Gasteiger partial charge on any atom is 0.0400 e. The highest BCUT2D eigenvalue weighted by atomic mass is 32.1. The predicted octanol–water partition coefficient (Wildman–Crippen LogP) is 5.29. The normalized spacial score (nSPS) is 14.2. The molecule has 0 saturated heterocycles. The quantitative estimate of drug-likeness (QED) is 0.729. The van der Waals surface area contributed by atoms with E-state index in [1.807, 2.05) is 11.3 Å². The smallest absolute Gasteiger partial charge is 0.0400 e. The summed E-state index contributed by atoms with van der Waals surface area (Å²) >= 11 is 1.85. The molecule has 2 unspecified atom stereocenters. The molecule has 0 aliphatic carbocycles. The van der Waals surface area contributed by atoms with Gasteiger partial charge in [0.25, 0.3) is 0 Å². The number of benzene rings is 1. The third-order valence-corrected chi connectivity index (χ3v) is 4.78. The van der Waals surface area contributed by atoms with Crippen molar-refractivity contribution in [3.05, 3.63) is 57.8 Å². The summed E-state index contributed by atoms with van der Waals surface area (Å²) in [6, 6.07) is 13.6. The zero-order valence-corrected chi connectivity index (χ0v) is 13.5. The molecule has 0 saturated carbocycles. The molecule has 0 spiro atoms. The maximum atomic E-state index is 3.77. The van der Waals surface area contributed by atoms with E-state index in [0.717, 1.165) is 13.0 Å². The molecule has 0 amide bonds. The number of hydrogen-bond donors (Lipinski definition) is 1. The Morgan fingerprint density at radius 2 is 1.85 bits per heavy atom. The van der Waals surface area contributed by atoms with Crippen LogP contribution in [-0.2, 0) is 0 Å². The van der Waals surface area contributed by atoms with Gasteiger partial charge in [0.2, 0.25) is 0 Å². The summed E-state index contributed by atoms with van der Waals surface area (Å²) < 4.78 is 0. The lowest BCUT2D eigenvalue weighted by atomic mass is 9.85. The van der Waals surface area contributed by atoms with E-state index in [0.29, 0.717) is 12.0 Å². The Balaban J connectivity index is 2.31. The maximum absolute atomic E-state index is 3.77. The highest BCUT2D eigenvalue weighted by Crippen LogP contribution is 2.36. The molecule has 2 heteroatoms. The Kier molecular flexibility index (Phi) is 5.81. The molecule has 2 rings (SSSR count). The number of nitrogens with one attached hydrogen (secondary N) is 1. The van der Waals surface area contributed by atoms with Crippen molar-refractivity contribution in [1.29, 1.82) is 0 Å². The Bertz CT molecular complexity index is 503. The van der Waals surface area contributed by atoms with Crippen molar-refractivity contribution in [1.82, 2.24) is 5.32 Å². The van der Waals surface area contributed by atoms with Crippen LogP contribution in [-0.4, -0.2) is 6.54 Å². The molecule has 1 aromatic heterocycles. The van der Waals surface area contributed by atoms with Crippen LogP contribution in [0.15, 0.2) is 41.8 Å². The van der Waals surface area contributed by atoms with Gasteiger partial charge in [-0.3, -0.25) is 0 Å². The zero-order chi connectivity index (χ0) is 14.4. The highest BCUT2D eigenvalue weighted by molar-refractivity contribution is 7.10. The van der Waals surface area contributed by atoms with Crippen molar-refractivity contribution in [3.63, 3.8) is 0 Å². The van der Waals surface area contributed by atoms with Crippen LogP contribution in [0.4, 0.5) is 0 Å². The summed E-state index contributed by atoms with van der Waals surface area (Å²) in [5, 5.41) is 5.98. The summed E-state index contributed by atoms with van der Waals surface area (Å²) in [4.78, 5) is 1.44. The van der Waals surface area contributed by atoms with E-state index in [-0.39, 0.29) is 0 Å². The predicted molar refractivity (Wildman–Crippen MR) is 89.6 cm³/mol. The van der Waals surface area contributed by atoms with E-state index in [9.17, 15) is 0 Å². The lowest BCUT2D eigenvalue weighted by Crippen LogP contribution is -2.28. The summed E-state index contributed by atoms with van der Waals surface area (Å²) in [7, 11) is 0. The van der Waals surface area contributed by atoms with E-state index < -0.39 is 0 Å². The number of aryl methyl sites for hydroxylation is 1. The minimum atomic E-state index is 0.425. The van der Waals surface area contributed by atoms with Gasteiger partial charge >= 0.3 is 0 Å². The Morgan fingerprint density at radius 3 is 2.40 bits per heavy atom. The minimum Gasteiger partial charge on any atom is -0.309 e. The minimum absolute atomic E-state index is 0.425. The van der Waals surface area contributed by atoms with Gasteiger partial charge in [-0.25, -0.2) is 0 Å². The molecule has 2 atom stereocenters. The van der Waals surface area contributed by atoms with E-state index >= 15 is 0 Å². The first-order valence-electron chi connectivity index (χ1n) is 7.60. The fraction of sp³-hybridized carbons (Fsp3) is 0.444. The van der Waals surface area contributed by atoms with Crippen LogP contribution in [0.5, 0.6) is 0 Å². The highest BCUT2D eigenvalue weighted by Gasteiger charge is 2.24. The summed E-state index contributed by atoms with van der Waals surface area (Å²) in [5.41, 5.74) is 2.91. The van der Waals surface area contributed by atoms with Crippen molar-refractivity contribution in [3.8, 4) is 0 Å². The molecule has 0 radical (unpaired) electrons. The lowest BCUT2D eigenvalue weighted by Gasteiger charge is -2.28. The lowest BCUT2D eigenvalue weighted by molar-refractivity contribution is 0.435. The molecule has 0 fully saturated rings. The summed E-state index contributed by atoms with van der Waals surface area (Å²) in [6.45, 7) is 7.83. The van der Waals surface area contributed by atoms with Gasteiger partial charge in [0.1, 0.15) is 0 Å². The molecule has 2 aromatic rings. The van der Waals surface area contributed by atoms with Gasteiger partial charge in [-0.15, -0.1) is 11.3 Å². The largest absolute Gasteiger partial charge is 0.309 e. The Morgan fingerprint density at radius 1 is 1.10 bits per heavy atom. The monoisotopic (exact) mass is 287 g/mol. The van der Waals surface area contributed by atoms with Crippen LogP contribution >= 0.6 is 11.3 Å². The molecule has 20 heavy (non-hydrogen) atoms. The molecule has 1 aromatic carbocycles. The first-order chi connectivity index (χ1) is 9.77. The number of rotatable bonds is 7.